The van der Waals surface area contributed by atoms with E-state index in [2.05, 4.69) is 59.8 Å². The molecule has 0 aromatic carbocycles. The van der Waals surface area contributed by atoms with Crippen LogP contribution in [0, 0.1) is 52.3 Å². The summed E-state index contributed by atoms with van der Waals surface area (Å²) in [5.74, 6) is 4.98. The number of rotatable bonds is 5. The fourth-order valence-corrected chi connectivity index (χ4v) is 8.43. The number of esters is 1. The molecule has 0 saturated heterocycles. The van der Waals surface area contributed by atoms with Crippen molar-refractivity contribution < 1.29 is 9.53 Å². The van der Waals surface area contributed by atoms with Gasteiger partial charge >= 0.3 is 5.97 Å². The van der Waals surface area contributed by atoms with Crippen LogP contribution >= 0.6 is 0 Å². The van der Waals surface area contributed by atoms with E-state index in [4.69, 9.17) is 4.74 Å². The summed E-state index contributed by atoms with van der Waals surface area (Å²) in [4.78, 5) is 11.5. The number of hydrogen-bond acceptors (Lipinski definition) is 2. The van der Waals surface area contributed by atoms with Crippen LogP contribution in [0.4, 0.5) is 0 Å². The Morgan fingerprint density at radius 3 is 2.38 bits per heavy atom. The average Bonchev–Trinajstić information content (AvgIpc) is 3.08. The van der Waals surface area contributed by atoms with Crippen LogP contribution in [0.3, 0.4) is 0 Å². The number of ether oxygens (including phenoxy) is 1. The Bertz CT molecular complexity index is 763. The summed E-state index contributed by atoms with van der Waals surface area (Å²) in [5.41, 5.74) is 2.70. The van der Waals surface area contributed by atoms with Gasteiger partial charge in [0.25, 0.3) is 0 Å². The lowest BCUT2D eigenvalue weighted by molar-refractivity contribution is -0.152. The lowest BCUT2D eigenvalue weighted by Gasteiger charge is -2.58. The molecule has 0 heterocycles. The highest BCUT2D eigenvalue weighted by Gasteiger charge is 2.58. The lowest BCUT2D eigenvalue weighted by atomic mass is 9.47. The highest BCUT2D eigenvalue weighted by Crippen LogP contribution is 2.66. The monoisotopic (exact) mass is 440 g/mol. The zero-order valence-electron chi connectivity index (χ0n) is 21.8. The molecule has 4 aliphatic rings. The Hall–Kier alpha value is -1.05. The van der Waals surface area contributed by atoms with E-state index in [9.17, 15) is 4.79 Å². The van der Waals surface area contributed by atoms with Crippen LogP contribution in [-0.2, 0) is 9.53 Å². The first kappa shape index (κ1) is 24.1. The second-order valence-corrected chi connectivity index (χ2v) is 12.8. The maximum atomic E-state index is 11.5. The van der Waals surface area contributed by atoms with Crippen LogP contribution in [0.15, 0.2) is 23.8 Å². The topological polar surface area (TPSA) is 26.3 Å². The van der Waals surface area contributed by atoms with Gasteiger partial charge in [-0.3, -0.25) is 4.79 Å². The van der Waals surface area contributed by atoms with E-state index in [-0.39, 0.29) is 12.1 Å². The minimum absolute atomic E-state index is 0.109. The molecule has 0 spiro atoms. The van der Waals surface area contributed by atoms with Gasteiger partial charge in [-0.1, -0.05) is 65.3 Å². The molecule has 180 valence electrons. The summed E-state index contributed by atoms with van der Waals surface area (Å²) >= 11 is 0. The van der Waals surface area contributed by atoms with Gasteiger partial charge in [-0.15, -0.1) is 0 Å². The van der Waals surface area contributed by atoms with Crippen molar-refractivity contribution in [3.05, 3.63) is 23.8 Å². The van der Waals surface area contributed by atoms with Crippen molar-refractivity contribution in [2.24, 2.45) is 52.3 Å². The summed E-state index contributed by atoms with van der Waals surface area (Å²) in [6.07, 6.45) is 17.9. The molecule has 0 amide bonds. The van der Waals surface area contributed by atoms with Crippen LogP contribution in [-0.4, -0.2) is 12.1 Å². The Labute approximate surface area is 197 Å². The zero-order chi connectivity index (χ0) is 23.3. The Morgan fingerprint density at radius 1 is 1.00 bits per heavy atom. The first-order valence-electron chi connectivity index (χ1n) is 13.6. The average molecular weight is 441 g/mol. The highest BCUT2D eigenvalue weighted by molar-refractivity contribution is 5.66. The van der Waals surface area contributed by atoms with Crippen molar-refractivity contribution in [2.75, 3.05) is 0 Å². The van der Waals surface area contributed by atoms with Gasteiger partial charge in [-0.2, -0.15) is 0 Å². The Balaban J connectivity index is 1.51. The summed E-state index contributed by atoms with van der Waals surface area (Å²) in [6, 6.07) is 0. The number of carbonyl (C=O) groups is 1. The van der Waals surface area contributed by atoms with Gasteiger partial charge in [0.05, 0.1) is 0 Å². The van der Waals surface area contributed by atoms with E-state index in [0.717, 1.165) is 36.5 Å². The number of hydrogen-bond donors (Lipinski definition) is 0. The molecule has 4 aliphatic carbocycles. The molecule has 2 heteroatoms. The molecular formula is C30H48O2. The molecule has 32 heavy (non-hydrogen) atoms. The Morgan fingerprint density at radius 2 is 1.69 bits per heavy atom. The van der Waals surface area contributed by atoms with Crippen molar-refractivity contribution in [3.63, 3.8) is 0 Å². The van der Waals surface area contributed by atoms with E-state index in [0.29, 0.717) is 28.6 Å². The molecule has 0 radical (unpaired) electrons. The lowest BCUT2D eigenvalue weighted by Crippen LogP contribution is -2.50. The van der Waals surface area contributed by atoms with Crippen LogP contribution in [0.2, 0.25) is 0 Å². The molecule has 0 aromatic rings. The standard InChI is InChI=1S/C30H48O2/c1-19(2)20(3)8-9-21(4)26-12-13-27-25-11-10-23-18-24(32-22(5)31)14-16-29(23,6)28(25)15-17-30(26,27)7/h8-9,11,19-21,23-24,26-28H,10,12-18H2,1-7H3/b9-8+. The molecule has 3 saturated carbocycles. The van der Waals surface area contributed by atoms with Gasteiger partial charge in [0.15, 0.2) is 0 Å². The van der Waals surface area contributed by atoms with Gasteiger partial charge in [-0.25, -0.2) is 0 Å². The predicted octanol–water partition coefficient (Wildman–Crippen LogP) is 7.98. The number of allylic oxidation sites excluding steroid dienone is 4. The molecule has 0 bridgehead atoms. The largest absolute Gasteiger partial charge is 0.463 e. The van der Waals surface area contributed by atoms with E-state index in [1.807, 2.05) is 5.57 Å². The van der Waals surface area contributed by atoms with Gasteiger partial charge in [-0.05, 0) is 104 Å². The molecule has 9 unspecified atom stereocenters. The molecule has 0 aliphatic heterocycles. The van der Waals surface area contributed by atoms with Crippen LogP contribution in [0.5, 0.6) is 0 Å². The maximum absolute atomic E-state index is 11.5. The van der Waals surface area contributed by atoms with Crippen molar-refractivity contribution in [2.45, 2.75) is 106 Å². The fourth-order valence-electron chi connectivity index (χ4n) is 8.43. The molecule has 0 aromatic heterocycles. The molecule has 3 fully saturated rings. The third-order valence-electron chi connectivity index (χ3n) is 10.8. The quantitative estimate of drug-likeness (QED) is 0.320. The second kappa shape index (κ2) is 8.95. The van der Waals surface area contributed by atoms with Crippen molar-refractivity contribution in [1.82, 2.24) is 0 Å². The zero-order valence-corrected chi connectivity index (χ0v) is 21.8. The minimum atomic E-state index is -0.109. The molecule has 9 atom stereocenters. The summed E-state index contributed by atoms with van der Waals surface area (Å²) in [6.45, 7) is 16.3. The van der Waals surface area contributed by atoms with E-state index in [1.165, 1.54) is 38.5 Å². The molecule has 0 N–H and O–H groups in total. The number of carbonyl (C=O) groups excluding carboxylic acids is 1. The summed E-state index contributed by atoms with van der Waals surface area (Å²) in [5, 5.41) is 0. The molecular weight excluding hydrogens is 392 g/mol. The van der Waals surface area contributed by atoms with Crippen LogP contribution in [0.25, 0.3) is 0 Å². The smallest absolute Gasteiger partial charge is 0.302 e. The van der Waals surface area contributed by atoms with Crippen molar-refractivity contribution >= 4 is 5.97 Å². The normalized spacial score (nSPS) is 43.2. The predicted molar refractivity (Wildman–Crippen MR) is 133 cm³/mol. The van der Waals surface area contributed by atoms with E-state index >= 15 is 0 Å². The second-order valence-electron chi connectivity index (χ2n) is 12.8. The van der Waals surface area contributed by atoms with Crippen LogP contribution < -0.4 is 0 Å². The first-order chi connectivity index (χ1) is 15.1. The molecule has 4 rings (SSSR count). The van der Waals surface area contributed by atoms with Crippen molar-refractivity contribution in [3.8, 4) is 0 Å². The third kappa shape index (κ3) is 4.14. The molecule has 2 nitrogen and oxygen atoms in total. The first-order valence-corrected chi connectivity index (χ1v) is 13.6. The maximum Gasteiger partial charge on any atom is 0.302 e. The fraction of sp³-hybridized carbons (Fsp3) is 0.833. The van der Waals surface area contributed by atoms with E-state index in [1.54, 1.807) is 6.92 Å². The SMILES string of the molecule is CC(=O)OC1CCC2(C)C(CC=C3C2CCC2(C)C3CCC2C(C)/C=C/C(C)C(C)C)C1. The Kier molecular flexibility index (Phi) is 6.74. The van der Waals surface area contributed by atoms with E-state index < -0.39 is 0 Å². The van der Waals surface area contributed by atoms with Gasteiger partial charge in [0, 0.05) is 6.92 Å². The minimum Gasteiger partial charge on any atom is -0.463 e. The highest BCUT2D eigenvalue weighted by atomic mass is 16.5. The van der Waals surface area contributed by atoms with Crippen molar-refractivity contribution in [1.29, 1.82) is 0 Å². The summed E-state index contributed by atoms with van der Waals surface area (Å²) in [7, 11) is 0. The van der Waals surface area contributed by atoms with Gasteiger partial charge < -0.3 is 4.74 Å². The van der Waals surface area contributed by atoms with Crippen LogP contribution in [0.1, 0.15) is 99.8 Å². The summed E-state index contributed by atoms with van der Waals surface area (Å²) < 4.78 is 5.64. The number of fused-ring (bicyclic) bond motifs is 5. The third-order valence-corrected chi connectivity index (χ3v) is 10.8. The van der Waals surface area contributed by atoms with Gasteiger partial charge in [0.1, 0.15) is 6.10 Å². The van der Waals surface area contributed by atoms with Gasteiger partial charge in [0.2, 0.25) is 0 Å².